The predicted molar refractivity (Wildman–Crippen MR) is 138 cm³/mol. The molecule has 4 rings (SSSR count). The summed E-state index contributed by atoms with van der Waals surface area (Å²) >= 11 is 0. The number of pyridine rings is 1. The maximum atomic E-state index is 12.2. The summed E-state index contributed by atoms with van der Waals surface area (Å²) in [4.78, 5) is 18.8. The normalized spacial score (nSPS) is 11.5. The van der Waals surface area contributed by atoms with Crippen LogP contribution in [0.15, 0.2) is 79.0 Å². The van der Waals surface area contributed by atoms with Gasteiger partial charge in [0.2, 0.25) is 5.91 Å². The molecule has 1 aromatic heterocycles. The number of nitrogens with zero attached hydrogens (tertiary/aromatic N) is 2. The molecule has 0 unspecified atom stereocenters. The van der Waals surface area contributed by atoms with Crippen molar-refractivity contribution in [2.24, 2.45) is 0 Å². The molecule has 0 aliphatic heterocycles. The largest absolute Gasteiger partial charge is 0.383 e. The highest BCUT2D eigenvalue weighted by molar-refractivity contribution is 5.93. The topological polar surface area (TPSA) is 57.3 Å². The van der Waals surface area contributed by atoms with E-state index in [-0.39, 0.29) is 5.91 Å². The van der Waals surface area contributed by atoms with Crippen LogP contribution in [0.1, 0.15) is 11.1 Å². The summed E-state index contributed by atoms with van der Waals surface area (Å²) in [5, 5.41) is 9.98. The van der Waals surface area contributed by atoms with Gasteiger partial charge in [0.05, 0.1) is 5.52 Å². The van der Waals surface area contributed by atoms with Crippen LogP contribution in [0, 0.1) is 6.92 Å². The first-order valence-electron chi connectivity index (χ1n) is 11.3. The van der Waals surface area contributed by atoms with E-state index < -0.39 is 0 Å². The number of hydrogen-bond donors (Lipinski definition) is 2. The average Bonchev–Trinajstić information content (AvgIpc) is 2.82. The summed E-state index contributed by atoms with van der Waals surface area (Å²) in [6, 6.07) is 22.7. The number of amides is 1. The standard InChI is InChI=1S/C28H30N4O/c1-21-7-11-25-26(13-14-29-27(25)19-21)30-15-17-32(2)18-16-31-28(33)12-9-22-8-10-23-5-3-4-6-24(23)20-22/h3-14,19-20H,15-18H2,1-2H3,(H,29,30)(H,31,33)/b12-9+. The molecule has 5 heteroatoms. The predicted octanol–water partition coefficient (Wildman–Crippen LogP) is 4.87. The lowest BCUT2D eigenvalue weighted by Crippen LogP contribution is -2.34. The number of nitrogens with one attached hydrogen (secondary N) is 2. The maximum Gasteiger partial charge on any atom is 0.244 e. The molecule has 5 nitrogen and oxygen atoms in total. The van der Waals surface area contributed by atoms with Gasteiger partial charge in [-0.3, -0.25) is 9.78 Å². The monoisotopic (exact) mass is 438 g/mol. The van der Waals surface area contributed by atoms with E-state index in [2.05, 4.69) is 77.0 Å². The number of benzene rings is 3. The Morgan fingerprint density at radius 1 is 0.970 bits per heavy atom. The molecule has 4 aromatic rings. The van der Waals surface area contributed by atoms with Crippen molar-refractivity contribution >= 4 is 39.3 Å². The fourth-order valence-electron chi connectivity index (χ4n) is 3.82. The lowest BCUT2D eigenvalue weighted by molar-refractivity contribution is -0.116. The van der Waals surface area contributed by atoms with Gasteiger partial charge in [-0.05, 0) is 60.1 Å². The molecule has 1 amide bonds. The molecule has 168 valence electrons. The van der Waals surface area contributed by atoms with Crippen molar-refractivity contribution in [2.75, 3.05) is 38.5 Å². The fourth-order valence-corrected chi connectivity index (χ4v) is 3.82. The van der Waals surface area contributed by atoms with Gasteiger partial charge in [-0.2, -0.15) is 0 Å². The van der Waals surface area contributed by atoms with E-state index in [4.69, 9.17) is 0 Å². The van der Waals surface area contributed by atoms with E-state index in [1.165, 1.54) is 16.3 Å². The minimum Gasteiger partial charge on any atom is -0.383 e. The Morgan fingerprint density at radius 3 is 2.67 bits per heavy atom. The van der Waals surface area contributed by atoms with E-state index in [0.717, 1.165) is 41.8 Å². The smallest absolute Gasteiger partial charge is 0.244 e. The summed E-state index contributed by atoms with van der Waals surface area (Å²) < 4.78 is 0. The van der Waals surface area contributed by atoms with Gasteiger partial charge >= 0.3 is 0 Å². The third kappa shape index (κ3) is 6.18. The summed E-state index contributed by atoms with van der Waals surface area (Å²) in [6.07, 6.45) is 5.30. The molecule has 0 atom stereocenters. The lowest BCUT2D eigenvalue weighted by atomic mass is 10.1. The molecule has 0 radical (unpaired) electrons. The SMILES string of the molecule is Cc1ccc2c(NCCN(C)CCNC(=O)/C=C/c3ccc4ccccc4c3)ccnc2c1. The number of carbonyl (C=O) groups excluding carboxylic acids is 1. The van der Waals surface area contributed by atoms with Crippen molar-refractivity contribution in [3.8, 4) is 0 Å². The number of anilines is 1. The fraction of sp³-hybridized carbons (Fsp3) is 0.214. The van der Waals surface area contributed by atoms with Gasteiger partial charge in [-0.25, -0.2) is 0 Å². The number of likely N-dealkylation sites (N-methyl/N-ethyl adjacent to an activating group) is 1. The Balaban J connectivity index is 1.19. The second kappa shape index (κ2) is 10.7. The first-order chi connectivity index (χ1) is 16.1. The molecular formula is C28H30N4O. The lowest BCUT2D eigenvalue weighted by Gasteiger charge is -2.18. The van der Waals surface area contributed by atoms with Gasteiger partial charge in [0, 0.05) is 49.5 Å². The molecule has 0 bridgehead atoms. The van der Waals surface area contributed by atoms with Crippen LogP contribution in [0.2, 0.25) is 0 Å². The number of aromatic nitrogens is 1. The highest BCUT2D eigenvalue weighted by Gasteiger charge is 2.04. The molecule has 0 aliphatic carbocycles. The Bertz CT molecular complexity index is 1280. The molecule has 33 heavy (non-hydrogen) atoms. The van der Waals surface area contributed by atoms with Crippen LogP contribution >= 0.6 is 0 Å². The third-order valence-corrected chi connectivity index (χ3v) is 5.70. The van der Waals surface area contributed by atoms with Crippen molar-refractivity contribution in [1.82, 2.24) is 15.2 Å². The van der Waals surface area contributed by atoms with Crippen LogP contribution in [0.25, 0.3) is 27.8 Å². The quantitative estimate of drug-likeness (QED) is 0.366. The number of hydrogen-bond acceptors (Lipinski definition) is 4. The van der Waals surface area contributed by atoms with Gasteiger partial charge in [0.1, 0.15) is 0 Å². The Morgan fingerprint density at radius 2 is 1.79 bits per heavy atom. The van der Waals surface area contributed by atoms with Crippen LogP contribution in [0.4, 0.5) is 5.69 Å². The molecule has 0 saturated carbocycles. The van der Waals surface area contributed by atoms with Gasteiger partial charge < -0.3 is 15.5 Å². The number of carbonyl (C=O) groups is 1. The Hall–Kier alpha value is -3.70. The zero-order chi connectivity index (χ0) is 23.0. The molecule has 3 aromatic carbocycles. The number of fused-ring (bicyclic) bond motifs is 2. The summed E-state index contributed by atoms with van der Waals surface area (Å²) in [5.74, 6) is -0.0757. The first kappa shape index (κ1) is 22.5. The summed E-state index contributed by atoms with van der Waals surface area (Å²) in [6.45, 7) is 5.16. The molecule has 1 heterocycles. The number of rotatable bonds is 9. The van der Waals surface area contributed by atoms with Crippen molar-refractivity contribution in [3.05, 3.63) is 90.1 Å². The zero-order valence-corrected chi connectivity index (χ0v) is 19.2. The highest BCUT2D eigenvalue weighted by Crippen LogP contribution is 2.22. The molecule has 0 spiro atoms. The highest BCUT2D eigenvalue weighted by atomic mass is 16.1. The average molecular weight is 439 g/mol. The van der Waals surface area contributed by atoms with Crippen LogP contribution in [0.3, 0.4) is 0 Å². The molecule has 0 fully saturated rings. The molecule has 2 N–H and O–H groups in total. The minimum atomic E-state index is -0.0757. The van der Waals surface area contributed by atoms with Crippen LogP contribution in [-0.2, 0) is 4.79 Å². The summed E-state index contributed by atoms with van der Waals surface area (Å²) in [7, 11) is 2.06. The maximum absolute atomic E-state index is 12.2. The van der Waals surface area contributed by atoms with Crippen molar-refractivity contribution in [2.45, 2.75) is 6.92 Å². The third-order valence-electron chi connectivity index (χ3n) is 5.70. The van der Waals surface area contributed by atoms with E-state index >= 15 is 0 Å². The molecular weight excluding hydrogens is 408 g/mol. The van der Waals surface area contributed by atoms with E-state index in [0.29, 0.717) is 6.54 Å². The molecule has 0 saturated heterocycles. The van der Waals surface area contributed by atoms with Crippen LogP contribution in [-0.4, -0.2) is 49.0 Å². The summed E-state index contributed by atoms with van der Waals surface area (Å²) in [5.41, 5.74) is 4.33. The van der Waals surface area contributed by atoms with Crippen LogP contribution in [0.5, 0.6) is 0 Å². The van der Waals surface area contributed by atoms with Crippen molar-refractivity contribution in [1.29, 1.82) is 0 Å². The second-order valence-electron chi connectivity index (χ2n) is 8.34. The Labute approximate surface area is 195 Å². The van der Waals surface area contributed by atoms with Crippen molar-refractivity contribution in [3.63, 3.8) is 0 Å². The molecule has 0 aliphatic rings. The van der Waals surface area contributed by atoms with E-state index in [9.17, 15) is 4.79 Å². The minimum absolute atomic E-state index is 0.0757. The zero-order valence-electron chi connectivity index (χ0n) is 19.2. The Kier molecular flexibility index (Phi) is 7.33. The van der Waals surface area contributed by atoms with E-state index in [1.807, 2.05) is 36.5 Å². The second-order valence-corrected chi connectivity index (χ2v) is 8.34. The first-order valence-corrected chi connectivity index (χ1v) is 11.3. The van der Waals surface area contributed by atoms with Gasteiger partial charge in [-0.15, -0.1) is 0 Å². The van der Waals surface area contributed by atoms with Gasteiger partial charge in [0.25, 0.3) is 0 Å². The van der Waals surface area contributed by atoms with Crippen molar-refractivity contribution < 1.29 is 4.79 Å². The van der Waals surface area contributed by atoms with E-state index in [1.54, 1.807) is 6.08 Å². The van der Waals surface area contributed by atoms with Crippen LogP contribution < -0.4 is 10.6 Å². The number of aryl methyl sites for hydroxylation is 1. The van der Waals surface area contributed by atoms with Gasteiger partial charge in [0.15, 0.2) is 0 Å². The van der Waals surface area contributed by atoms with Gasteiger partial charge in [-0.1, -0.05) is 48.5 Å².